The van der Waals surface area contributed by atoms with Crippen molar-refractivity contribution in [2.75, 3.05) is 4.90 Å². The predicted octanol–water partition coefficient (Wildman–Crippen LogP) is 4.87. The van der Waals surface area contributed by atoms with Gasteiger partial charge in [-0.1, -0.05) is 18.2 Å². The summed E-state index contributed by atoms with van der Waals surface area (Å²) in [7, 11) is 0. The quantitative estimate of drug-likeness (QED) is 0.295. The lowest BCUT2D eigenvalue weighted by molar-refractivity contribution is -0.122. The zero-order valence-corrected chi connectivity index (χ0v) is 20.6. The highest BCUT2D eigenvalue weighted by atomic mass is 19.1. The Morgan fingerprint density at radius 1 is 0.974 bits per heavy atom. The Bertz CT molecular complexity index is 1580. The van der Waals surface area contributed by atoms with Crippen LogP contribution in [0, 0.1) is 19.7 Å². The first-order chi connectivity index (χ1) is 18.3. The molecule has 1 fully saturated rings. The Balaban J connectivity index is 1.40. The summed E-state index contributed by atoms with van der Waals surface area (Å²) in [4.78, 5) is 43.0. The number of carbonyl (C=O) groups is 3. The van der Waals surface area contributed by atoms with Gasteiger partial charge >= 0.3 is 6.03 Å². The fourth-order valence-corrected chi connectivity index (χ4v) is 4.33. The summed E-state index contributed by atoms with van der Waals surface area (Å²) in [6.07, 6.45) is 4.38. The molecule has 1 saturated heterocycles. The van der Waals surface area contributed by atoms with E-state index in [-0.39, 0.29) is 23.7 Å². The lowest BCUT2D eigenvalue weighted by Gasteiger charge is -2.26. The zero-order valence-electron chi connectivity index (χ0n) is 20.6. The van der Waals surface area contributed by atoms with Crippen LogP contribution in [-0.2, 0) is 16.2 Å². The van der Waals surface area contributed by atoms with Gasteiger partial charge in [-0.05, 0) is 74.0 Å². The molecule has 3 heterocycles. The third kappa shape index (κ3) is 4.69. The van der Waals surface area contributed by atoms with Crippen LogP contribution in [0.15, 0.2) is 84.7 Å². The smallest absolute Gasteiger partial charge is 0.336 e. The van der Waals surface area contributed by atoms with Gasteiger partial charge in [0.05, 0.1) is 11.9 Å². The van der Waals surface area contributed by atoms with E-state index in [1.165, 1.54) is 24.5 Å². The number of hydrogen-bond acceptors (Lipinski definition) is 5. The summed E-state index contributed by atoms with van der Waals surface area (Å²) < 4.78 is 21.6. The molecule has 2 aromatic heterocycles. The van der Waals surface area contributed by atoms with Crippen molar-refractivity contribution in [3.8, 4) is 11.4 Å². The van der Waals surface area contributed by atoms with E-state index < -0.39 is 17.8 Å². The summed E-state index contributed by atoms with van der Waals surface area (Å²) in [5, 5.41) is 2.22. The van der Waals surface area contributed by atoms with Gasteiger partial charge in [-0.25, -0.2) is 14.1 Å². The molecule has 1 aliphatic rings. The number of urea groups is 1. The molecule has 0 bridgehead atoms. The van der Waals surface area contributed by atoms with E-state index in [2.05, 4.69) is 10.3 Å². The van der Waals surface area contributed by atoms with Crippen LogP contribution in [0.4, 0.5) is 14.9 Å². The van der Waals surface area contributed by atoms with E-state index in [1.54, 1.807) is 42.5 Å². The summed E-state index contributed by atoms with van der Waals surface area (Å²) in [5.74, 6) is -1.22. The molecule has 0 spiro atoms. The Hall–Kier alpha value is -5.05. The molecule has 1 N–H and O–H groups in total. The highest BCUT2D eigenvalue weighted by Gasteiger charge is 2.37. The number of nitrogens with zero attached hydrogens (tertiary/aromatic N) is 3. The minimum Gasteiger partial charge on any atom is -0.489 e. The molecule has 2 aromatic carbocycles. The van der Waals surface area contributed by atoms with E-state index in [9.17, 15) is 18.8 Å². The molecular formula is C29H23FN4O4. The van der Waals surface area contributed by atoms with Crippen molar-refractivity contribution in [3.05, 3.63) is 113 Å². The van der Waals surface area contributed by atoms with Crippen molar-refractivity contribution in [1.82, 2.24) is 14.9 Å². The second-order valence-electron chi connectivity index (χ2n) is 8.70. The van der Waals surface area contributed by atoms with Crippen LogP contribution < -0.4 is 15.0 Å². The molecular weight excluding hydrogens is 487 g/mol. The fraction of sp³-hybridized carbons (Fsp3) is 0.103. The van der Waals surface area contributed by atoms with Crippen molar-refractivity contribution in [2.24, 2.45) is 0 Å². The number of carbonyl (C=O) groups excluding carboxylic acids is 3. The van der Waals surface area contributed by atoms with Gasteiger partial charge in [0.25, 0.3) is 11.8 Å². The average molecular weight is 511 g/mol. The van der Waals surface area contributed by atoms with E-state index in [1.807, 2.05) is 36.6 Å². The first kappa shape index (κ1) is 24.6. The fourth-order valence-electron chi connectivity index (χ4n) is 4.33. The van der Waals surface area contributed by atoms with Crippen LogP contribution in [0.25, 0.3) is 11.8 Å². The molecule has 38 heavy (non-hydrogen) atoms. The molecule has 0 aliphatic carbocycles. The van der Waals surface area contributed by atoms with Gasteiger partial charge in [0, 0.05) is 28.8 Å². The number of benzene rings is 2. The van der Waals surface area contributed by atoms with Crippen molar-refractivity contribution < 1.29 is 23.5 Å². The number of anilines is 1. The molecule has 5 rings (SSSR count). The average Bonchev–Trinajstić information content (AvgIpc) is 3.19. The van der Waals surface area contributed by atoms with Crippen molar-refractivity contribution >= 4 is 29.6 Å². The van der Waals surface area contributed by atoms with Crippen LogP contribution in [-0.4, -0.2) is 27.4 Å². The van der Waals surface area contributed by atoms with Gasteiger partial charge < -0.3 is 9.30 Å². The third-order valence-corrected chi connectivity index (χ3v) is 6.22. The maximum Gasteiger partial charge on any atom is 0.336 e. The molecule has 190 valence electrons. The molecule has 0 atom stereocenters. The van der Waals surface area contributed by atoms with Crippen LogP contribution in [0.2, 0.25) is 0 Å². The number of aryl methyl sites for hydroxylation is 1. The van der Waals surface area contributed by atoms with Gasteiger partial charge in [0.2, 0.25) is 0 Å². The topological polar surface area (TPSA) is 93.5 Å². The monoisotopic (exact) mass is 510 g/mol. The minimum absolute atomic E-state index is 0.111. The molecule has 4 amide bonds. The van der Waals surface area contributed by atoms with Gasteiger partial charge in [0.15, 0.2) is 0 Å². The number of hydrogen-bond donors (Lipinski definition) is 1. The van der Waals surface area contributed by atoms with Crippen molar-refractivity contribution in [3.63, 3.8) is 0 Å². The molecule has 8 nitrogen and oxygen atoms in total. The molecule has 4 aromatic rings. The van der Waals surface area contributed by atoms with Gasteiger partial charge in [-0.2, -0.15) is 0 Å². The minimum atomic E-state index is -0.826. The zero-order chi connectivity index (χ0) is 26.8. The van der Waals surface area contributed by atoms with E-state index >= 15 is 0 Å². The summed E-state index contributed by atoms with van der Waals surface area (Å²) in [6, 6.07) is 18.0. The second kappa shape index (κ2) is 10.1. The molecule has 0 unspecified atom stereocenters. The number of ether oxygens (including phenoxy) is 1. The maximum absolute atomic E-state index is 13.9. The van der Waals surface area contributed by atoms with Gasteiger partial charge in [0.1, 0.15) is 23.7 Å². The summed E-state index contributed by atoms with van der Waals surface area (Å²) in [5.41, 5.74) is 3.73. The van der Waals surface area contributed by atoms with E-state index in [0.29, 0.717) is 16.9 Å². The van der Waals surface area contributed by atoms with Crippen molar-refractivity contribution in [1.29, 1.82) is 0 Å². The van der Waals surface area contributed by atoms with Crippen molar-refractivity contribution in [2.45, 2.75) is 20.5 Å². The number of rotatable bonds is 6. The number of imide groups is 2. The Labute approximate surface area is 218 Å². The largest absolute Gasteiger partial charge is 0.489 e. The van der Waals surface area contributed by atoms with Gasteiger partial charge in [-0.15, -0.1) is 0 Å². The number of amides is 4. The summed E-state index contributed by atoms with van der Waals surface area (Å²) >= 11 is 0. The molecule has 0 radical (unpaired) electrons. The standard InChI is InChI=1S/C29H23FN4O4/c1-18-14-21(15-25-27(35)32-29(37)34(28(25)36)23-7-5-13-31-16-23)19(2)33(18)22-9-11-24(12-10-22)38-17-20-6-3-4-8-26(20)30/h3-16H,17H2,1-2H3,(H,32,35,37)/b25-15+. The molecule has 0 saturated carbocycles. The number of halogens is 1. The Kier molecular flexibility index (Phi) is 6.57. The SMILES string of the molecule is Cc1cc(/C=C2\C(=O)NC(=O)N(c3cccnc3)C2=O)c(C)n1-c1ccc(OCc2ccccc2F)cc1. The number of aromatic nitrogens is 2. The highest BCUT2D eigenvalue weighted by Crippen LogP contribution is 2.27. The van der Waals surface area contributed by atoms with E-state index in [4.69, 9.17) is 4.74 Å². The van der Waals surface area contributed by atoms with Crippen LogP contribution in [0.1, 0.15) is 22.5 Å². The van der Waals surface area contributed by atoms with Crippen LogP contribution in [0.5, 0.6) is 5.75 Å². The molecule has 9 heteroatoms. The number of nitrogens with one attached hydrogen (secondary N) is 1. The summed E-state index contributed by atoms with van der Waals surface area (Å²) in [6.45, 7) is 3.89. The molecule has 1 aliphatic heterocycles. The van der Waals surface area contributed by atoms with Crippen LogP contribution in [0.3, 0.4) is 0 Å². The second-order valence-corrected chi connectivity index (χ2v) is 8.70. The maximum atomic E-state index is 13.9. The van der Waals surface area contributed by atoms with E-state index in [0.717, 1.165) is 22.0 Å². The highest BCUT2D eigenvalue weighted by molar-refractivity contribution is 6.39. The first-order valence-corrected chi connectivity index (χ1v) is 11.8. The first-order valence-electron chi connectivity index (χ1n) is 11.8. The lowest BCUT2D eigenvalue weighted by Crippen LogP contribution is -2.54. The Morgan fingerprint density at radius 3 is 2.45 bits per heavy atom. The number of barbiturate groups is 1. The normalized spacial score (nSPS) is 14.7. The lowest BCUT2D eigenvalue weighted by atomic mass is 10.1. The van der Waals surface area contributed by atoms with Gasteiger partial charge in [-0.3, -0.25) is 19.9 Å². The third-order valence-electron chi connectivity index (χ3n) is 6.22. The Morgan fingerprint density at radius 2 is 1.74 bits per heavy atom. The van der Waals surface area contributed by atoms with Crippen LogP contribution >= 0.6 is 0 Å². The number of pyridine rings is 1. The predicted molar refractivity (Wildman–Crippen MR) is 139 cm³/mol.